The van der Waals surface area contributed by atoms with Crippen LogP contribution in [0.2, 0.25) is 0 Å². The Hall–Kier alpha value is 0.0500. The van der Waals surface area contributed by atoms with Crippen LogP contribution in [0.15, 0.2) is 11.5 Å². The van der Waals surface area contributed by atoms with Crippen LogP contribution in [-0.4, -0.2) is 16.5 Å². The lowest BCUT2D eigenvalue weighted by atomic mass is 10.0. The van der Waals surface area contributed by atoms with E-state index in [1.807, 2.05) is 6.92 Å². The summed E-state index contributed by atoms with van der Waals surface area (Å²) in [5.41, 5.74) is 0. The number of aliphatic hydroxyl groups excluding tert-OH is 1. The first kappa shape index (κ1) is 11.1. The maximum Gasteiger partial charge on any atom is 0.0664 e. The molecule has 1 N–H and O–H groups in total. The lowest BCUT2D eigenvalue weighted by Crippen LogP contribution is -2.22. The first-order chi connectivity index (χ1) is 6.09. The van der Waals surface area contributed by atoms with Crippen molar-refractivity contribution in [3.63, 3.8) is 0 Å². The number of hydrogen-bond donors (Lipinski definition) is 1. The van der Waals surface area contributed by atoms with E-state index in [-0.39, 0.29) is 6.10 Å². The fraction of sp³-hybridized carbons (Fsp3) is 0.818. The van der Waals surface area contributed by atoms with Crippen molar-refractivity contribution >= 4 is 11.8 Å². The summed E-state index contributed by atoms with van der Waals surface area (Å²) in [5.74, 6) is 0.686. The van der Waals surface area contributed by atoms with E-state index >= 15 is 0 Å². The Bertz CT molecular complexity index is 179. The van der Waals surface area contributed by atoms with Gasteiger partial charge >= 0.3 is 0 Å². The monoisotopic (exact) mass is 200 g/mol. The van der Waals surface area contributed by atoms with Crippen molar-refractivity contribution < 1.29 is 5.11 Å². The van der Waals surface area contributed by atoms with E-state index in [2.05, 4.69) is 13.5 Å². The fourth-order valence-corrected chi connectivity index (χ4v) is 3.01. The van der Waals surface area contributed by atoms with Gasteiger partial charge in [0, 0.05) is 5.25 Å². The molecule has 0 aromatic carbocycles. The van der Waals surface area contributed by atoms with Crippen molar-refractivity contribution in [1.29, 1.82) is 0 Å². The van der Waals surface area contributed by atoms with Crippen LogP contribution in [0, 0.1) is 5.92 Å². The Labute approximate surface area is 85.6 Å². The highest BCUT2D eigenvalue weighted by Crippen LogP contribution is 2.33. The normalized spacial score (nSPS) is 35.5. The number of allylic oxidation sites excluding steroid dienone is 1. The molecule has 0 aliphatic heterocycles. The fourth-order valence-electron chi connectivity index (χ4n) is 1.94. The number of rotatable bonds is 2. The minimum absolute atomic E-state index is 0.126. The molecule has 1 nitrogen and oxygen atoms in total. The van der Waals surface area contributed by atoms with Gasteiger partial charge in [-0.1, -0.05) is 26.3 Å². The van der Waals surface area contributed by atoms with Gasteiger partial charge in [0.05, 0.1) is 6.10 Å². The summed E-state index contributed by atoms with van der Waals surface area (Å²) in [6, 6.07) is 0. The van der Waals surface area contributed by atoms with Gasteiger partial charge < -0.3 is 5.11 Å². The van der Waals surface area contributed by atoms with Gasteiger partial charge in [0.1, 0.15) is 0 Å². The Kier molecular flexibility index (Phi) is 4.33. The van der Waals surface area contributed by atoms with Gasteiger partial charge in [-0.05, 0) is 30.6 Å². The third kappa shape index (κ3) is 3.74. The number of aliphatic hydroxyl groups is 1. The molecular weight excluding hydrogens is 180 g/mol. The van der Waals surface area contributed by atoms with E-state index in [0.717, 1.165) is 17.7 Å². The summed E-state index contributed by atoms with van der Waals surface area (Å²) in [6.45, 7) is 8.14. The second kappa shape index (κ2) is 5.06. The van der Waals surface area contributed by atoms with Crippen LogP contribution >= 0.6 is 11.8 Å². The van der Waals surface area contributed by atoms with Gasteiger partial charge in [-0.3, -0.25) is 0 Å². The van der Waals surface area contributed by atoms with E-state index in [1.54, 1.807) is 11.8 Å². The smallest absolute Gasteiger partial charge is 0.0664 e. The topological polar surface area (TPSA) is 20.2 Å². The molecule has 76 valence electrons. The van der Waals surface area contributed by atoms with Gasteiger partial charge in [0.15, 0.2) is 0 Å². The van der Waals surface area contributed by atoms with Gasteiger partial charge in [0.2, 0.25) is 0 Å². The number of hydrogen-bond acceptors (Lipinski definition) is 2. The van der Waals surface area contributed by atoms with Gasteiger partial charge in [0.25, 0.3) is 0 Å². The van der Waals surface area contributed by atoms with Crippen molar-refractivity contribution in [2.75, 3.05) is 0 Å². The Morgan fingerprint density at radius 2 is 2.15 bits per heavy atom. The van der Waals surface area contributed by atoms with Crippen LogP contribution in [-0.2, 0) is 0 Å². The molecule has 0 radical (unpaired) electrons. The predicted molar refractivity (Wildman–Crippen MR) is 59.8 cm³/mol. The van der Waals surface area contributed by atoms with Crippen LogP contribution in [0.4, 0.5) is 0 Å². The average Bonchev–Trinajstić information content (AvgIpc) is 2.13. The molecule has 0 aromatic heterocycles. The van der Waals surface area contributed by atoms with E-state index in [4.69, 9.17) is 0 Å². The molecule has 0 saturated heterocycles. The van der Waals surface area contributed by atoms with Crippen LogP contribution in [0.1, 0.15) is 39.5 Å². The highest BCUT2D eigenvalue weighted by atomic mass is 32.2. The van der Waals surface area contributed by atoms with Gasteiger partial charge in [-0.2, -0.15) is 0 Å². The van der Waals surface area contributed by atoms with Crippen molar-refractivity contribution in [3.05, 3.63) is 11.5 Å². The SMILES string of the molecule is C=C(C)SC1CCCC(C)CC1O. The second-order valence-electron chi connectivity index (χ2n) is 4.20. The van der Waals surface area contributed by atoms with Gasteiger partial charge in [-0.25, -0.2) is 0 Å². The molecule has 2 heteroatoms. The van der Waals surface area contributed by atoms with E-state index in [9.17, 15) is 5.11 Å². The highest BCUT2D eigenvalue weighted by molar-refractivity contribution is 8.03. The van der Waals surface area contributed by atoms with Gasteiger partial charge in [-0.15, -0.1) is 11.8 Å². The van der Waals surface area contributed by atoms with E-state index in [1.165, 1.54) is 12.8 Å². The molecule has 0 aromatic rings. The molecule has 0 bridgehead atoms. The number of thioether (sulfide) groups is 1. The quantitative estimate of drug-likeness (QED) is 0.691. The Morgan fingerprint density at radius 1 is 1.46 bits per heavy atom. The molecule has 0 spiro atoms. The third-order valence-electron chi connectivity index (χ3n) is 2.61. The standard InChI is InChI=1S/C11H20OS/c1-8(2)13-11-6-4-5-9(3)7-10(11)12/h9-12H,1,4-7H2,2-3H3. The Balaban J connectivity index is 2.48. The molecular formula is C11H20OS. The summed E-state index contributed by atoms with van der Waals surface area (Å²) >= 11 is 1.75. The molecule has 1 aliphatic carbocycles. The molecule has 0 heterocycles. The summed E-state index contributed by atoms with van der Waals surface area (Å²) in [7, 11) is 0. The predicted octanol–water partition coefficient (Wildman–Crippen LogP) is 3.19. The summed E-state index contributed by atoms with van der Waals surface area (Å²) < 4.78 is 0. The van der Waals surface area contributed by atoms with Crippen LogP contribution in [0.3, 0.4) is 0 Å². The van der Waals surface area contributed by atoms with Crippen LogP contribution in [0.25, 0.3) is 0 Å². The van der Waals surface area contributed by atoms with Crippen molar-refractivity contribution in [2.24, 2.45) is 5.92 Å². The summed E-state index contributed by atoms with van der Waals surface area (Å²) in [4.78, 5) is 1.12. The summed E-state index contributed by atoms with van der Waals surface area (Å²) in [5, 5.41) is 10.3. The molecule has 3 unspecified atom stereocenters. The third-order valence-corrected chi connectivity index (χ3v) is 3.87. The molecule has 13 heavy (non-hydrogen) atoms. The van der Waals surface area contributed by atoms with Crippen LogP contribution in [0.5, 0.6) is 0 Å². The first-order valence-electron chi connectivity index (χ1n) is 5.10. The van der Waals surface area contributed by atoms with Crippen molar-refractivity contribution in [2.45, 2.75) is 50.9 Å². The molecule has 3 atom stereocenters. The summed E-state index contributed by atoms with van der Waals surface area (Å²) in [6.07, 6.45) is 4.50. The lowest BCUT2D eigenvalue weighted by molar-refractivity contribution is 0.150. The molecule has 1 rings (SSSR count). The maximum absolute atomic E-state index is 9.91. The lowest BCUT2D eigenvalue weighted by Gasteiger charge is -2.20. The molecule has 1 saturated carbocycles. The second-order valence-corrected chi connectivity index (χ2v) is 5.74. The molecule has 1 aliphatic rings. The minimum Gasteiger partial charge on any atom is -0.392 e. The highest BCUT2D eigenvalue weighted by Gasteiger charge is 2.25. The Morgan fingerprint density at radius 3 is 2.77 bits per heavy atom. The first-order valence-corrected chi connectivity index (χ1v) is 5.97. The van der Waals surface area contributed by atoms with E-state index < -0.39 is 0 Å². The molecule has 0 amide bonds. The van der Waals surface area contributed by atoms with Crippen LogP contribution < -0.4 is 0 Å². The minimum atomic E-state index is -0.126. The zero-order chi connectivity index (χ0) is 9.84. The van der Waals surface area contributed by atoms with Crippen molar-refractivity contribution in [1.82, 2.24) is 0 Å². The maximum atomic E-state index is 9.91. The largest absolute Gasteiger partial charge is 0.392 e. The zero-order valence-corrected chi connectivity index (χ0v) is 9.44. The average molecular weight is 200 g/mol. The molecule has 1 fully saturated rings. The van der Waals surface area contributed by atoms with E-state index in [0.29, 0.717) is 11.2 Å². The zero-order valence-electron chi connectivity index (χ0n) is 8.62. The van der Waals surface area contributed by atoms with Crippen molar-refractivity contribution in [3.8, 4) is 0 Å².